The van der Waals surface area contributed by atoms with Gasteiger partial charge >= 0.3 is 5.69 Å². The highest BCUT2D eigenvalue weighted by molar-refractivity contribution is 5.60. The lowest BCUT2D eigenvalue weighted by Crippen LogP contribution is -2.34. The van der Waals surface area contributed by atoms with Crippen molar-refractivity contribution < 1.29 is 5.11 Å². The minimum Gasteiger partial charge on any atom is -0.396 e. The molecule has 1 aromatic heterocycles. The Morgan fingerprint density at radius 2 is 2.05 bits per heavy atom. The van der Waals surface area contributed by atoms with Crippen LogP contribution < -0.4 is 22.3 Å². The summed E-state index contributed by atoms with van der Waals surface area (Å²) in [7, 11) is 0. The summed E-state index contributed by atoms with van der Waals surface area (Å²) in [6.07, 6.45) is 3.19. The molecule has 7 heteroatoms. The molecule has 5 N–H and O–H groups in total. The van der Waals surface area contributed by atoms with E-state index in [4.69, 9.17) is 10.8 Å². The second-order valence-corrected chi connectivity index (χ2v) is 4.38. The van der Waals surface area contributed by atoms with Gasteiger partial charge in [-0.15, -0.1) is 0 Å². The van der Waals surface area contributed by atoms with Crippen molar-refractivity contribution in [3.05, 3.63) is 20.8 Å². The lowest BCUT2D eigenvalue weighted by molar-refractivity contribution is 0.283. The number of nitrogens with zero attached hydrogens (tertiary/aromatic N) is 1. The van der Waals surface area contributed by atoms with Gasteiger partial charge < -0.3 is 16.2 Å². The second kappa shape index (κ2) is 7.63. The molecular weight excluding hydrogens is 248 g/mol. The first kappa shape index (κ1) is 15.3. The lowest BCUT2D eigenvalue weighted by atomic mass is 10.2. The van der Waals surface area contributed by atoms with Gasteiger partial charge in [-0.05, 0) is 25.7 Å². The third-order valence-electron chi connectivity index (χ3n) is 2.82. The van der Waals surface area contributed by atoms with Crippen LogP contribution in [-0.2, 0) is 6.54 Å². The van der Waals surface area contributed by atoms with E-state index in [2.05, 4.69) is 10.3 Å². The highest BCUT2D eigenvalue weighted by atomic mass is 16.3. The standard InChI is InChI=1S/C12H22N4O3/c1-2-7-16-10(13)9(11(18)15-12(16)19)14-6-4-3-5-8-17/h14,17H,2-8,13H2,1H3,(H,15,18,19). The smallest absolute Gasteiger partial charge is 0.330 e. The van der Waals surface area contributed by atoms with E-state index in [0.717, 1.165) is 25.7 Å². The number of aliphatic hydroxyl groups excluding tert-OH is 1. The molecule has 1 heterocycles. The summed E-state index contributed by atoms with van der Waals surface area (Å²) in [6.45, 7) is 3.15. The van der Waals surface area contributed by atoms with Gasteiger partial charge in [0, 0.05) is 19.7 Å². The number of nitrogens with two attached hydrogens (primary N) is 1. The molecule has 0 aliphatic carbocycles. The van der Waals surface area contributed by atoms with E-state index in [1.807, 2.05) is 6.92 Å². The highest BCUT2D eigenvalue weighted by Crippen LogP contribution is 2.10. The first-order valence-corrected chi connectivity index (χ1v) is 6.59. The number of hydrogen-bond donors (Lipinski definition) is 4. The molecule has 1 aromatic rings. The maximum absolute atomic E-state index is 11.7. The summed E-state index contributed by atoms with van der Waals surface area (Å²) in [5.41, 5.74) is 5.13. The second-order valence-electron chi connectivity index (χ2n) is 4.38. The Labute approximate surface area is 111 Å². The van der Waals surface area contributed by atoms with Crippen LogP contribution in [0.15, 0.2) is 9.59 Å². The number of hydrogen-bond acceptors (Lipinski definition) is 5. The van der Waals surface area contributed by atoms with Gasteiger partial charge in [0.25, 0.3) is 5.56 Å². The van der Waals surface area contributed by atoms with Gasteiger partial charge in [0.05, 0.1) is 0 Å². The van der Waals surface area contributed by atoms with Gasteiger partial charge in [0.1, 0.15) is 11.5 Å². The van der Waals surface area contributed by atoms with Gasteiger partial charge in [0.15, 0.2) is 0 Å². The number of anilines is 2. The van der Waals surface area contributed by atoms with Crippen molar-refractivity contribution in [2.75, 3.05) is 24.2 Å². The topological polar surface area (TPSA) is 113 Å². The molecule has 0 aromatic carbocycles. The van der Waals surface area contributed by atoms with Crippen LogP contribution in [-0.4, -0.2) is 27.8 Å². The average molecular weight is 270 g/mol. The maximum Gasteiger partial charge on any atom is 0.330 e. The van der Waals surface area contributed by atoms with Crippen LogP contribution in [0.3, 0.4) is 0 Å². The van der Waals surface area contributed by atoms with E-state index in [1.54, 1.807) is 0 Å². The Morgan fingerprint density at radius 1 is 1.32 bits per heavy atom. The Bertz CT molecular complexity index is 507. The highest BCUT2D eigenvalue weighted by Gasteiger charge is 2.10. The molecule has 108 valence electrons. The largest absolute Gasteiger partial charge is 0.396 e. The Morgan fingerprint density at radius 3 is 2.68 bits per heavy atom. The summed E-state index contributed by atoms with van der Waals surface area (Å²) in [5, 5.41) is 11.6. The Kier molecular flexibility index (Phi) is 6.14. The first-order chi connectivity index (χ1) is 9.11. The van der Waals surface area contributed by atoms with Crippen molar-refractivity contribution in [1.29, 1.82) is 0 Å². The predicted molar refractivity (Wildman–Crippen MR) is 75.5 cm³/mol. The normalized spacial score (nSPS) is 10.6. The Balaban J connectivity index is 2.80. The van der Waals surface area contributed by atoms with Crippen molar-refractivity contribution >= 4 is 11.5 Å². The van der Waals surface area contributed by atoms with Gasteiger partial charge in [-0.3, -0.25) is 14.3 Å². The molecule has 0 aliphatic rings. The molecule has 0 fully saturated rings. The fourth-order valence-corrected chi connectivity index (χ4v) is 1.83. The van der Waals surface area contributed by atoms with Crippen molar-refractivity contribution in [3.8, 4) is 0 Å². The molecule has 0 spiro atoms. The molecule has 0 bridgehead atoms. The van der Waals surface area contributed by atoms with Crippen molar-refractivity contribution in [2.24, 2.45) is 0 Å². The molecule has 0 unspecified atom stereocenters. The van der Waals surface area contributed by atoms with Crippen LogP contribution in [0.1, 0.15) is 32.6 Å². The SMILES string of the molecule is CCCn1c(N)c(NCCCCCO)c(=O)[nH]c1=O. The van der Waals surface area contributed by atoms with E-state index in [1.165, 1.54) is 4.57 Å². The quantitative estimate of drug-likeness (QED) is 0.500. The number of aromatic nitrogens is 2. The maximum atomic E-state index is 11.7. The molecule has 0 saturated carbocycles. The van der Waals surface area contributed by atoms with Crippen molar-refractivity contribution in [2.45, 2.75) is 39.2 Å². The molecule has 7 nitrogen and oxygen atoms in total. The van der Waals surface area contributed by atoms with Gasteiger partial charge in [-0.1, -0.05) is 6.92 Å². The lowest BCUT2D eigenvalue weighted by Gasteiger charge is -2.13. The third kappa shape index (κ3) is 4.13. The van der Waals surface area contributed by atoms with Crippen LogP contribution >= 0.6 is 0 Å². The molecule has 0 atom stereocenters. The average Bonchev–Trinajstić information content (AvgIpc) is 2.37. The van der Waals surface area contributed by atoms with Crippen LogP contribution in [0.4, 0.5) is 11.5 Å². The van der Waals surface area contributed by atoms with E-state index in [0.29, 0.717) is 13.1 Å². The molecule has 0 amide bonds. The van der Waals surface area contributed by atoms with Crippen molar-refractivity contribution in [1.82, 2.24) is 9.55 Å². The summed E-state index contributed by atoms with van der Waals surface area (Å²) in [4.78, 5) is 25.5. The van der Waals surface area contributed by atoms with Crippen LogP contribution in [0, 0.1) is 0 Å². The number of unbranched alkanes of at least 4 members (excludes halogenated alkanes) is 2. The van der Waals surface area contributed by atoms with Gasteiger partial charge in [-0.25, -0.2) is 4.79 Å². The zero-order valence-electron chi connectivity index (χ0n) is 11.2. The van der Waals surface area contributed by atoms with E-state index >= 15 is 0 Å². The van der Waals surface area contributed by atoms with Gasteiger partial charge in [0.2, 0.25) is 0 Å². The van der Waals surface area contributed by atoms with E-state index < -0.39 is 11.2 Å². The van der Waals surface area contributed by atoms with Crippen molar-refractivity contribution in [3.63, 3.8) is 0 Å². The number of rotatable bonds is 8. The zero-order chi connectivity index (χ0) is 14.3. The monoisotopic (exact) mass is 270 g/mol. The molecule has 1 rings (SSSR count). The fourth-order valence-electron chi connectivity index (χ4n) is 1.83. The number of aromatic amines is 1. The number of H-pyrrole nitrogens is 1. The minimum atomic E-state index is -0.489. The Hall–Kier alpha value is -1.76. The van der Waals surface area contributed by atoms with E-state index in [9.17, 15) is 9.59 Å². The molecule has 0 aliphatic heterocycles. The third-order valence-corrected chi connectivity index (χ3v) is 2.82. The molecule has 0 radical (unpaired) electrons. The molecule has 19 heavy (non-hydrogen) atoms. The number of aliphatic hydroxyl groups is 1. The predicted octanol–water partition coefficient (Wildman–Crippen LogP) is 0.103. The summed E-state index contributed by atoms with van der Waals surface area (Å²) < 4.78 is 1.36. The fraction of sp³-hybridized carbons (Fsp3) is 0.667. The zero-order valence-corrected chi connectivity index (χ0v) is 11.2. The minimum absolute atomic E-state index is 0.171. The van der Waals surface area contributed by atoms with E-state index in [-0.39, 0.29) is 18.1 Å². The van der Waals surface area contributed by atoms with Crippen LogP contribution in [0.5, 0.6) is 0 Å². The summed E-state index contributed by atoms with van der Waals surface area (Å²) in [6, 6.07) is 0. The van der Waals surface area contributed by atoms with Crippen LogP contribution in [0.2, 0.25) is 0 Å². The summed E-state index contributed by atoms with van der Waals surface area (Å²) in [5.74, 6) is 0.178. The summed E-state index contributed by atoms with van der Waals surface area (Å²) >= 11 is 0. The van der Waals surface area contributed by atoms with Crippen LogP contribution in [0.25, 0.3) is 0 Å². The number of nitrogens with one attached hydrogen (secondary N) is 2. The first-order valence-electron chi connectivity index (χ1n) is 6.59. The van der Waals surface area contributed by atoms with Gasteiger partial charge in [-0.2, -0.15) is 0 Å². The number of nitrogen functional groups attached to an aromatic ring is 1. The molecule has 0 saturated heterocycles. The molecular formula is C12H22N4O3.